The summed E-state index contributed by atoms with van der Waals surface area (Å²) >= 11 is 0. The van der Waals surface area contributed by atoms with E-state index < -0.39 is 0 Å². The molecular formula is C8H15NO. The van der Waals surface area contributed by atoms with E-state index in [-0.39, 0.29) is 11.8 Å². The van der Waals surface area contributed by atoms with Gasteiger partial charge >= 0.3 is 0 Å². The summed E-state index contributed by atoms with van der Waals surface area (Å²) < 4.78 is 0. The van der Waals surface area contributed by atoms with Gasteiger partial charge in [0.2, 0.25) is 5.91 Å². The number of allylic oxidation sites excluding steroid dienone is 1. The first-order chi connectivity index (χ1) is 4.59. The Hall–Kier alpha value is -0.790. The number of carbonyl (C=O) groups excluding carboxylic acids is 1. The van der Waals surface area contributed by atoms with Gasteiger partial charge in [-0.05, 0) is 12.8 Å². The molecule has 0 spiro atoms. The van der Waals surface area contributed by atoms with E-state index in [4.69, 9.17) is 5.73 Å². The second kappa shape index (κ2) is 4.09. The molecule has 0 aromatic rings. The summed E-state index contributed by atoms with van der Waals surface area (Å²) in [5.74, 6) is -0.0493. The molecule has 10 heavy (non-hydrogen) atoms. The van der Waals surface area contributed by atoms with Crippen LogP contribution < -0.4 is 5.73 Å². The minimum atomic E-state index is -0.242. The van der Waals surface area contributed by atoms with Crippen molar-refractivity contribution >= 4 is 5.91 Å². The molecule has 0 heterocycles. The Labute approximate surface area is 62.1 Å². The van der Waals surface area contributed by atoms with Crippen molar-refractivity contribution in [1.29, 1.82) is 0 Å². The lowest BCUT2D eigenvalue weighted by Crippen LogP contribution is -2.25. The largest absolute Gasteiger partial charge is 0.369 e. The predicted molar refractivity (Wildman–Crippen MR) is 42.3 cm³/mol. The Morgan fingerprint density at radius 3 is 2.10 bits per heavy atom. The molecule has 58 valence electrons. The summed E-state index contributed by atoms with van der Waals surface area (Å²) in [5.41, 5.74) is 5.13. The van der Waals surface area contributed by atoms with Crippen molar-refractivity contribution in [2.75, 3.05) is 0 Å². The molecule has 0 aliphatic carbocycles. The SMILES string of the molecule is C/C=C/[C@H](C(N)=O)C(C)C. The van der Waals surface area contributed by atoms with Gasteiger partial charge in [0.05, 0.1) is 5.92 Å². The molecule has 2 nitrogen and oxygen atoms in total. The monoisotopic (exact) mass is 141 g/mol. The third-order valence-electron chi connectivity index (χ3n) is 1.45. The first kappa shape index (κ1) is 9.21. The number of rotatable bonds is 3. The smallest absolute Gasteiger partial charge is 0.224 e. The van der Waals surface area contributed by atoms with E-state index in [0.717, 1.165) is 0 Å². The van der Waals surface area contributed by atoms with Gasteiger partial charge in [-0.3, -0.25) is 4.79 Å². The van der Waals surface area contributed by atoms with Crippen LogP contribution in [0.1, 0.15) is 20.8 Å². The van der Waals surface area contributed by atoms with Crippen LogP contribution in [0.2, 0.25) is 0 Å². The summed E-state index contributed by atoms with van der Waals surface area (Å²) in [6, 6.07) is 0. The van der Waals surface area contributed by atoms with Gasteiger partial charge in [-0.2, -0.15) is 0 Å². The highest BCUT2D eigenvalue weighted by Gasteiger charge is 2.14. The zero-order chi connectivity index (χ0) is 8.15. The number of hydrogen-bond donors (Lipinski definition) is 1. The first-order valence-corrected chi connectivity index (χ1v) is 3.51. The normalized spacial score (nSPS) is 14.4. The lowest BCUT2D eigenvalue weighted by atomic mass is 9.95. The zero-order valence-corrected chi connectivity index (χ0v) is 6.79. The van der Waals surface area contributed by atoms with Gasteiger partial charge in [0, 0.05) is 0 Å². The van der Waals surface area contributed by atoms with Gasteiger partial charge in [0.15, 0.2) is 0 Å². The number of hydrogen-bond acceptors (Lipinski definition) is 1. The summed E-state index contributed by atoms with van der Waals surface area (Å²) in [6.07, 6.45) is 3.70. The van der Waals surface area contributed by atoms with Crippen LogP contribution in [-0.2, 0) is 4.79 Å². The molecule has 1 atom stereocenters. The Morgan fingerprint density at radius 1 is 1.50 bits per heavy atom. The summed E-state index contributed by atoms with van der Waals surface area (Å²) in [7, 11) is 0. The van der Waals surface area contributed by atoms with Crippen LogP contribution in [-0.4, -0.2) is 5.91 Å². The van der Waals surface area contributed by atoms with Crippen molar-refractivity contribution < 1.29 is 4.79 Å². The van der Waals surface area contributed by atoms with Gasteiger partial charge in [-0.1, -0.05) is 26.0 Å². The molecule has 0 bridgehead atoms. The molecule has 0 aromatic carbocycles. The highest BCUT2D eigenvalue weighted by atomic mass is 16.1. The van der Waals surface area contributed by atoms with Crippen LogP contribution in [0.15, 0.2) is 12.2 Å². The van der Waals surface area contributed by atoms with E-state index in [2.05, 4.69) is 0 Å². The van der Waals surface area contributed by atoms with Crippen molar-refractivity contribution in [2.45, 2.75) is 20.8 Å². The topological polar surface area (TPSA) is 43.1 Å². The molecule has 2 N–H and O–H groups in total. The maximum Gasteiger partial charge on any atom is 0.224 e. The van der Waals surface area contributed by atoms with Crippen molar-refractivity contribution in [3.63, 3.8) is 0 Å². The van der Waals surface area contributed by atoms with Crippen LogP contribution in [0.25, 0.3) is 0 Å². The first-order valence-electron chi connectivity index (χ1n) is 3.51. The highest BCUT2D eigenvalue weighted by molar-refractivity contribution is 5.78. The third kappa shape index (κ3) is 2.67. The van der Waals surface area contributed by atoms with Crippen molar-refractivity contribution in [3.8, 4) is 0 Å². The number of primary amides is 1. The Bertz CT molecular complexity index is 138. The molecule has 0 saturated carbocycles. The fraction of sp³-hybridized carbons (Fsp3) is 0.625. The minimum Gasteiger partial charge on any atom is -0.369 e. The van der Waals surface area contributed by atoms with Crippen LogP contribution in [0, 0.1) is 11.8 Å². The molecule has 0 aliphatic rings. The second-order valence-corrected chi connectivity index (χ2v) is 2.70. The van der Waals surface area contributed by atoms with Gasteiger partial charge in [-0.25, -0.2) is 0 Å². The molecule has 0 aliphatic heterocycles. The molecular weight excluding hydrogens is 126 g/mol. The van der Waals surface area contributed by atoms with E-state index >= 15 is 0 Å². The summed E-state index contributed by atoms with van der Waals surface area (Å²) in [4.78, 5) is 10.7. The van der Waals surface area contributed by atoms with E-state index in [0.29, 0.717) is 5.92 Å². The molecule has 1 amide bonds. The molecule has 0 unspecified atom stereocenters. The van der Waals surface area contributed by atoms with Gasteiger partial charge < -0.3 is 5.73 Å². The predicted octanol–water partition coefficient (Wildman–Crippen LogP) is 1.32. The van der Waals surface area contributed by atoms with Gasteiger partial charge in [0.25, 0.3) is 0 Å². The lowest BCUT2D eigenvalue weighted by molar-refractivity contribution is -0.121. The average molecular weight is 141 g/mol. The lowest BCUT2D eigenvalue weighted by Gasteiger charge is -2.11. The molecule has 0 fully saturated rings. The number of carbonyl (C=O) groups is 1. The Morgan fingerprint density at radius 2 is 2.00 bits per heavy atom. The van der Waals surface area contributed by atoms with Crippen molar-refractivity contribution in [3.05, 3.63) is 12.2 Å². The molecule has 0 aromatic heterocycles. The van der Waals surface area contributed by atoms with Gasteiger partial charge in [0.1, 0.15) is 0 Å². The quantitative estimate of drug-likeness (QED) is 0.592. The molecule has 0 radical (unpaired) electrons. The van der Waals surface area contributed by atoms with Crippen LogP contribution >= 0.6 is 0 Å². The van der Waals surface area contributed by atoms with E-state index in [1.807, 2.05) is 32.9 Å². The Balaban J connectivity index is 4.12. The third-order valence-corrected chi connectivity index (χ3v) is 1.45. The maximum absolute atomic E-state index is 10.7. The van der Waals surface area contributed by atoms with E-state index in [1.165, 1.54) is 0 Å². The second-order valence-electron chi connectivity index (χ2n) is 2.70. The highest BCUT2D eigenvalue weighted by Crippen LogP contribution is 2.10. The van der Waals surface area contributed by atoms with Crippen molar-refractivity contribution in [1.82, 2.24) is 0 Å². The van der Waals surface area contributed by atoms with Crippen molar-refractivity contribution in [2.24, 2.45) is 17.6 Å². The fourth-order valence-corrected chi connectivity index (χ4v) is 0.853. The molecule has 2 heteroatoms. The van der Waals surface area contributed by atoms with E-state index in [9.17, 15) is 4.79 Å². The maximum atomic E-state index is 10.7. The van der Waals surface area contributed by atoms with E-state index in [1.54, 1.807) is 0 Å². The molecule has 0 saturated heterocycles. The molecule has 0 rings (SSSR count). The van der Waals surface area contributed by atoms with Gasteiger partial charge in [-0.15, -0.1) is 0 Å². The summed E-state index contributed by atoms with van der Waals surface area (Å²) in [5, 5.41) is 0. The minimum absolute atomic E-state index is 0.106. The van der Waals surface area contributed by atoms with Crippen LogP contribution in [0.4, 0.5) is 0 Å². The number of amides is 1. The number of nitrogens with two attached hydrogens (primary N) is 1. The van der Waals surface area contributed by atoms with Crippen LogP contribution in [0.5, 0.6) is 0 Å². The van der Waals surface area contributed by atoms with Crippen LogP contribution in [0.3, 0.4) is 0 Å². The zero-order valence-electron chi connectivity index (χ0n) is 6.79. The standard InChI is InChI=1S/C8H15NO/c1-4-5-7(6(2)3)8(9)10/h4-7H,1-3H3,(H2,9,10)/b5-4+/t7-/m0/s1. The summed E-state index contributed by atoms with van der Waals surface area (Å²) in [6.45, 7) is 5.85. The fourth-order valence-electron chi connectivity index (χ4n) is 0.853. The Kier molecular flexibility index (Phi) is 3.77. The average Bonchev–Trinajstić information content (AvgIpc) is 1.81.